The molecule has 0 spiro atoms. The number of sulfonamides is 1. The number of amides is 1. The third kappa shape index (κ3) is 2.64. The van der Waals surface area contributed by atoms with E-state index >= 15 is 0 Å². The lowest BCUT2D eigenvalue weighted by atomic mass is 10.1. The van der Waals surface area contributed by atoms with Crippen LogP contribution in [0, 0.1) is 6.92 Å². The van der Waals surface area contributed by atoms with E-state index in [2.05, 4.69) is 4.90 Å². The summed E-state index contributed by atoms with van der Waals surface area (Å²) in [4.78, 5) is 13.9. The fourth-order valence-corrected chi connectivity index (χ4v) is 4.85. The Morgan fingerprint density at radius 1 is 1.27 bits per heavy atom. The average Bonchev–Trinajstić information content (AvgIpc) is 2.94. The number of primary amides is 1. The first-order valence-corrected chi connectivity index (χ1v) is 8.98. The second-order valence-electron chi connectivity index (χ2n) is 6.04. The van der Waals surface area contributed by atoms with Gasteiger partial charge in [-0.25, -0.2) is 8.42 Å². The molecule has 2 fully saturated rings. The van der Waals surface area contributed by atoms with Gasteiger partial charge in [-0.1, -0.05) is 6.07 Å². The molecule has 1 aromatic carbocycles. The third-order valence-corrected chi connectivity index (χ3v) is 6.52. The van der Waals surface area contributed by atoms with Crippen LogP contribution in [0.1, 0.15) is 28.8 Å². The molecule has 0 radical (unpaired) electrons. The molecule has 0 bridgehead atoms. The lowest BCUT2D eigenvalue weighted by Crippen LogP contribution is -2.51. The minimum absolute atomic E-state index is 0.151. The maximum Gasteiger partial charge on any atom is 0.249 e. The molecule has 1 aromatic rings. The van der Waals surface area contributed by atoms with Crippen LogP contribution in [-0.2, 0) is 10.0 Å². The van der Waals surface area contributed by atoms with Gasteiger partial charge in [0.1, 0.15) is 0 Å². The average molecular weight is 323 g/mol. The van der Waals surface area contributed by atoms with Crippen molar-refractivity contribution in [3.63, 3.8) is 0 Å². The zero-order valence-corrected chi connectivity index (χ0v) is 13.5. The van der Waals surface area contributed by atoms with Crippen LogP contribution in [0.25, 0.3) is 0 Å². The van der Waals surface area contributed by atoms with Gasteiger partial charge < -0.3 is 5.73 Å². The maximum absolute atomic E-state index is 12.8. The smallest absolute Gasteiger partial charge is 0.249 e. The number of piperazine rings is 1. The molecule has 2 saturated heterocycles. The van der Waals surface area contributed by atoms with Crippen LogP contribution in [0.15, 0.2) is 23.1 Å². The first-order chi connectivity index (χ1) is 10.4. The van der Waals surface area contributed by atoms with Crippen LogP contribution in [-0.4, -0.2) is 55.8 Å². The van der Waals surface area contributed by atoms with E-state index in [1.165, 1.54) is 10.4 Å². The molecule has 0 saturated carbocycles. The standard InChI is InChI=1S/C15H21N3O3S/c1-11-4-5-13(9-14(11)15(16)19)22(20,21)18-8-7-17-6-2-3-12(17)10-18/h4-5,9,12H,2-3,6-8,10H2,1H3,(H2,16,19)/t12-/m0/s1. The Morgan fingerprint density at radius 2 is 2.05 bits per heavy atom. The lowest BCUT2D eigenvalue weighted by molar-refractivity contribution is 0.0999. The predicted molar refractivity (Wildman–Crippen MR) is 83.1 cm³/mol. The molecule has 0 unspecified atom stereocenters. The van der Waals surface area contributed by atoms with Gasteiger partial charge >= 0.3 is 0 Å². The summed E-state index contributed by atoms with van der Waals surface area (Å²) in [5.74, 6) is -0.602. The molecule has 2 N–H and O–H groups in total. The first kappa shape index (κ1) is 15.5. The summed E-state index contributed by atoms with van der Waals surface area (Å²) < 4.78 is 27.2. The van der Waals surface area contributed by atoms with Crippen LogP contribution >= 0.6 is 0 Å². The number of fused-ring (bicyclic) bond motifs is 1. The van der Waals surface area contributed by atoms with Gasteiger partial charge in [-0.05, 0) is 44.0 Å². The highest BCUT2D eigenvalue weighted by Crippen LogP contribution is 2.26. The van der Waals surface area contributed by atoms with Crippen molar-refractivity contribution < 1.29 is 13.2 Å². The Bertz CT molecular complexity index is 702. The zero-order chi connectivity index (χ0) is 15.9. The first-order valence-electron chi connectivity index (χ1n) is 7.54. The molecule has 1 atom stereocenters. The summed E-state index contributed by atoms with van der Waals surface area (Å²) in [6.07, 6.45) is 2.18. The number of hydrogen-bond donors (Lipinski definition) is 1. The molecular weight excluding hydrogens is 302 g/mol. The summed E-state index contributed by atoms with van der Waals surface area (Å²) in [7, 11) is -3.57. The Labute approximate surface area is 130 Å². The highest BCUT2D eigenvalue weighted by Gasteiger charge is 2.36. The minimum atomic E-state index is -3.57. The molecule has 2 heterocycles. The fourth-order valence-electron chi connectivity index (χ4n) is 3.36. The molecule has 7 heteroatoms. The summed E-state index contributed by atoms with van der Waals surface area (Å²) in [6.45, 7) is 4.61. The summed E-state index contributed by atoms with van der Waals surface area (Å²) >= 11 is 0. The van der Waals surface area contributed by atoms with E-state index in [0.717, 1.165) is 25.9 Å². The number of aryl methyl sites for hydroxylation is 1. The van der Waals surface area contributed by atoms with E-state index in [9.17, 15) is 13.2 Å². The Hall–Kier alpha value is -1.44. The molecule has 120 valence electrons. The van der Waals surface area contributed by atoms with Crippen LogP contribution < -0.4 is 5.73 Å². The SMILES string of the molecule is Cc1ccc(S(=O)(=O)N2CCN3CCC[C@H]3C2)cc1C(N)=O. The summed E-state index contributed by atoms with van der Waals surface area (Å²) in [6, 6.07) is 4.91. The quantitative estimate of drug-likeness (QED) is 0.881. The molecule has 6 nitrogen and oxygen atoms in total. The van der Waals surface area contributed by atoms with Crippen LogP contribution in [0.5, 0.6) is 0 Å². The van der Waals surface area contributed by atoms with Gasteiger partial charge in [-0.3, -0.25) is 9.69 Å². The molecular formula is C15H21N3O3S. The van der Waals surface area contributed by atoms with Gasteiger partial charge in [0.2, 0.25) is 15.9 Å². The number of carbonyl (C=O) groups excluding carboxylic acids is 1. The van der Waals surface area contributed by atoms with Crippen molar-refractivity contribution in [2.24, 2.45) is 5.73 Å². The largest absolute Gasteiger partial charge is 0.366 e. The van der Waals surface area contributed by atoms with E-state index in [1.54, 1.807) is 19.1 Å². The van der Waals surface area contributed by atoms with Gasteiger partial charge in [0, 0.05) is 31.2 Å². The van der Waals surface area contributed by atoms with Gasteiger partial charge in [-0.15, -0.1) is 0 Å². The fraction of sp³-hybridized carbons (Fsp3) is 0.533. The van der Waals surface area contributed by atoms with E-state index in [-0.39, 0.29) is 10.5 Å². The van der Waals surface area contributed by atoms with Crippen molar-refractivity contribution in [2.75, 3.05) is 26.2 Å². The van der Waals surface area contributed by atoms with Crippen molar-refractivity contribution in [1.29, 1.82) is 0 Å². The van der Waals surface area contributed by atoms with Crippen molar-refractivity contribution >= 4 is 15.9 Å². The summed E-state index contributed by atoms with van der Waals surface area (Å²) in [5, 5.41) is 0. The zero-order valence-electron chi connectivity index (χ0n) is 12.7. The van der Waals surface area contributed by atoms with E-state index in [1.807, 2.05) is 0 Å². The minimum Gasteiger partial charge on any atom is -0.366 e. The number of benzene rings is 1. The lowest BCUT2D eigenvalue weighted by Gasteiger charge is -2.36. The number of nitrogens with two attached hydrogens (primary N) is 1. The van der Waals surface area contributed by atoms with E-state index in [4.69, 9.17) is 5.73 Å². The van der Waals surface area contributed by atoms with Crippen molar-refractivity contribution in [3.05, 3.63) is 29.3 Å². The van der Waals surface area contributed by atoms with Crippen LogP contribution in [0.3, 0.4) is 0 Å². The number of carbonyl (C=O) groups is 1. The van der Waals surface area contributed by atoms with E-state index in [0.29, 0.717) is 24.7 Å². The summed E-state index contributed by atoms with van der Waals surface area (Å²) in [5.41, 5.74) is 6.27. The maximum atomic E-state index is 12.8. The van der Waals surface area contributed by atoms with Crippen molar-refractivity contribution in [3.8, 4) is 0 Å². The van der Waals surface area contributed by atoms with Gasteiger partial charge in [0.25, 0.3) is 0 Å². The van der Waals surface area contributed by atoms with Crippen LogP contribution in [0.2, 0.25) is 0 Å². The molecule has 1 amide bonds. The monoisotopic (exact) mass is 323 g/mol. The number of hydrogen-bond acceptors (Lipinski definition) is 4. The molecule has 3 rings (SSSR count). The second-order valence-corrected chi connectivity index (χ2v) is 7.97. The highest BCUT2D eigenvalue weighted by molar-refractivity contribution is 7.89. The van der Waals surface area contributed by atoms with E-state index < -0.39 is 15.9 Å². The molecule has 0 aliphatic carbocycles. The van der Waals surface area contributed by atoms with Gasteiger partial charge in [-0.2, -0.15) is 4.31 Å². The molecule has 0 aromatic heterocycles. The van der Waals surface area contributed by atoms with Gasteiger partial charge in [0.05, 0.1) is 4.90 Å². The normalized spacial score (nSPS) is 23.4. The molecule has 2 aliphatic rings. The van der Waals surface area contributed by atoms with Gasteiger partial charge in [0.15, 0.2) is 0 Å². The topological polar surface area (TPSA) is 83.7 Å². The Kier molecular flexibility index (Phi) is 3.96. The molecule has 22 heavy (non-hydrogen) atoms. The van der Waals surface area contributed by atoms with Crippen molar-refractivity contribution in [1.82, 2.24) is 9.21 Å². The number of rotatable bonds is 3. The third-order valence-electron chi connectivity index (χ3n) is 4.66. The highest BCUT2D eigenvalue weighted by atomic mass is 32.2. The van der Waals surface area contributed by atoms with Crippen molar-refractivity contribution in [2.45, 2.75) is 30.7 Å². The predicted octanol–water partition coefficient (Wildman–Crippen LogP) is 0.563. The molecule has 2 aliphatic heterocycles. The second kappa shape index (κ2) is 5.64. The Morgan fingerprint density at radius 3 is 2.77 bits per heavy atom. The Balaban J connectivity index is 1.90. The number of nitrogens with zero attached hydrogens (tertiary/aromatic N) is 2. The van der Waals surface area contributed by atoms with Crippen LogP contribution in [0.4, 0.5) is 0 Å².